The Kier molecular flexibility index (Phi) is 4.86. The van der Waals surface area contributed by atoms with Crippen LogP contribution in [0.4, 0.5) is 4.39 Å². The lowest BCUT2D eigenvalue weighted by atomic mass is 10.3. The van der Waals surface area contributed by atoms with E-state index in [1.165, 1.54) is 12.1 Å². The second-order valence-corrected chi connectivity index (χ2v) is 4.27. The lowest BCUT2D eigenvalue weighted by Crippen LogP contribution is -2.12. The summed E-state index contributed by atoms with van der Waals surface area (Å²) in [7, 11) is 0. The fraction of sp³-hybridized carbons (Fsp3) is 0.357. The highest BCUT2D eigenvalue weighted by Crippen LogP contribution is 2.11. The SMILES string of the molecule is CCOC(=O)c1nnn(CCOc2ccc(F)cc2)c1C. The van der Waals surface area contributed by atoms with Crippen LogP contribution in [0.2, 0.25) is 0 Å². The number of esters is 1. The van der Waals surface area contributed by atoms with Crippen molar-refractivity contribution in [1.82, 2.24) is 15.0 Å². The minimum absolute atomic E-state index is 0.207. The van der Waals surface area contributed by atoms with Crippen molar-refractivity contribution >= 4 is 5.97 Å². The smallest absolute Gasteiger partial charge is 0.360 e. The van der Waals surface area contributed by atoms with Gasteiger partial charge in [-0.2, -0.15) is 0 Å². The highest BCUT2D eigenvalue weighted by Gasteiger charge is 2.17. The van der Waals surface area contributed by atoms with Crippen molar-refractivity contribution in [2.75, 3.05) is 13.2 Å². The Labute approximate surface area is 121 Å². The third-order valence-corrected chi connectivity index (χ3v) is 2.84. The molecule has 0 aliphatic carbocycles. The van der Waals surface area contributed by atoms with E-state index in [4.69, 9.17) is 9.47 Å². The van der Waals surface area contributed by atoms with E-state index in [-0.39, 0.29) is 11.5 Å². The molecule has 2 aromatic rings. The molecule has 0 fully saturated rings. The maximum atomic E-state index is 12.7. The van der Waals surface area contributed by atoms with Crippen LogP contribution in [0, 0.1) is 12.7 Å². The van der Waals surface area contributed by atoms with Crippen molar-refractivity contribution in [2.45, 2.75) is 20.4 Å². The number of halogens is 1. The molecule has 0 unspecified atom stereocenters. The topological polar surface area (TPSA) is 66.2 Å². The number of nitrogens with zero attached hydrogens (tertiary/aromatic N) is 3. The molecule has 1 aromatic heterocycles. The van der Waals surface area contributed by atoms with Gasteiger partial charge in [-0.15, -0.1) is 5.10 Å². The molecule has 0 saturated carbocycles. The largest absolute Gasteiger partial charge is 0.492 e. The molecule has 0 radical (unpaired) electrons. The molecular formula is C14H16FN3O3. The number of benzene rings is 1. The summed E-state index contributed by atoms with van der Waals surface area (Å²) >= 11 is 0. The molecule has 0 aliphatic heterocycles. The van der Waals surface area contributed by atoms with Crippen molar-refractivity contribution in [3.8, 4) is 5.75 Å². The Morgan fingerprint density at radius 2 is 2.05 bits per heavy atom. The van der Waals surface area contributed by atoms with Crippen molar-refractivity contribution in [3.63, 3.8) is 0 Å². The van der Waals surface area contributed by atoms with Gasteiger partial charge in [0, 0.05) is 0 Å². The van der Waals surface area contributed by atoms with Gasteiger partial charge in [0.2, 0.25) is 0 Å². The molecule has 7 heteroatoms. The zero-order chi connectivity index (χ0) is 15.2. The van der Waals surface area contributed by atoms with E-state index in [9.17, 15) is 9.18 Å². The first-order chi connectivity index (χ1) is 10.1. The molecule has 1 heterocycles. The number of aromatic nitrogens is 3. The molecule has 0 aliphatic rings. The van der Waals surface area contributed by atoms with E-state index < -0.39 is 5.97 Å². The average molecular weight is 293 g/mol. The Bertz CT molecular complexity index is 610. The molecule has 1 aromatic carbocycles. The molecule has 0 saturated heterocycles. The molecule has 21 heavy (non-hydrogen) atoms. The minimum atomic E-state index is -0.485. The van der Waals surface area contributed by atoms with Crippen LogP contribution in [0.1, 0.15) is 23.1 Å². The molecule has 112 valence electrons. The van der Waals surface area contributed by atoms with Crippen LogP contribution in [-0.4, -0.2) is 34.2 Å². The Hall–Kier alpha value is -2.44. The van der Waals surface area contributed by atoms with E-state index in [0.29, 0.717) is 31.2 Å². The number of carbonyl (C=O) groups excluding carboxylic acids is 1. The highest BCUT2D eigenvalue weighted by atomic mass is 19.1. The maximum absolute atomic E-state index is 12.7. The third kappa shape index (κ3) is 3.77. The summed E-state index contributed by atoms with van der Waals surface area (Å²) in [6.45, 7) is 4.52. The van der Waals surface area contributed by atoms with Gasteiger partial charge in [0.05, 0.1) is 18.8 Å². The predicted octanol–water partition coefficient (Wildman–Crippen LogP) is 1.98. The Morgan fingerprint density at radius 3 is 2.71 bits per heavy atom. The molecule has 0 N–H and O–H groups in total. The van der Waals surface area contributed by atoms with Gasteiger partial charge in [0.1, 0.15) is 18.2 Å². The van der Waals surface area contributed by atoms with Gasteiger partial charge in [-0.25, -0.2) is 13.9 Å². The van der Waals surface area contributed by atoms with Crippen LogP contribution in [0.3, 0.4) is 0 Å². The number of carbonyl (C=O) groups is 1. The first-order valence-electron chi connectivity index (χ1n) is 6.57. The molecular weight excluding hydrogens is 277 g/mol. The van der Waals surface area contributed by atoms with E-state index >= 15 is 0 Å². The summed E-state index contributed by atoms with van der Waals surface area (Å²) in [4.78, 5) is 11.6. The summed E-state index contributed by atoms with van der Waals surface area (Å²) in [5.74, 6) is -0.228. The van der Waals surface area contributed by atoms with Crippen molar-refractivity contribution in [1.29, 1.82) is 0 Å². The summed E-state index contributed by atoms with van der Waals surface area (Å²) in [6, 6.07) is 5.75. The van der Waals surface area contributed by atoms with Gasteiger partial charge in [-0.05, 0) is 38.1 Å². The van der Waals surface area contributed by atoms with Gasteiger partial charge in [0.15, 0.2) is 5.69 Å². The van der Waals surface area contributed by atoms with Crippen LogP contribution in [0.25, 0.3) is 0 Å². The van der Waals surface area contributed by atoms with Gasteiger partial charge in [0.25, 0.3) is 0 Å². The van der Waals surface area contributed by atoms with E-state index in [1.54, 1.807) is 30.7 Å². The van der Waals surface area contributed by atoms with Crippen molar-refractivity contribution in [3.05, 3.63) is 41.5 Å². The second kappa shape index (κ2) is 6.83. The summed E-state index contributed by atoms with van der Waals surface area (Å²) in [5.41, 5.74) is 0.829. The van der Waals surface area contributed by atoms with Crippen LogP contribution < -0.4 is 4.74 Å². The van der Waals surface area contributed by atoms with Crippen molar-refractivity contribution < 1.29 is 18.7 Å². The molecule has 2 rings (SSSR count). The quantitative estimate of drug-likeness (QED) is 0.762. The predicted molar refractivity (Wildman–Crippen MR) is 72.6 cm³/mol. The molecule has 0 spiro atoms. The molecule has 6 nitrogen and oxygen atoms in total. The fourth-order valence-electron chi connectivity index (χ4n) is 1.74. The fourth-order valence-corrected chi connectivity index (χ4v) is 1.74. The standard InChI is InChI=1S/C14H16FN3O3/c1-3-20-14(19)13-10(2)18(17-16-13)8-9-21-12-6-4-11(15)5-7-12/h4-7H,3,8-9H2,1-2H3. The van der Waals surface area contributed by atoms with Crippen molar-refractivity contribution in [2.24, 2.45) is 0 Å². The summed E-state index contributed by atoms with van der Waals surface area (Å²) in [6.07, 6.45) is 0. The number of rotatable bonds is 6. The van der Waals surface area contributed by atoms with Gasteiger partial charge < -0.3 is 9.47 Å². The first-order valence-corrected chi connectivity index (χ1v) is 6.57. The summed E-state index contributed by atoms with van der Waals surface area (Å²) < 4.78 is 24.7. The zero-order valence-corrected chi connectivity index (χ0v) is 11.9. The lowest BCUT2D eigenvalue weighted by Gasteiger charge is -2.07. The Morgan fingerprint density at radius 1 is 1.33 bits per heavy atom. The van der Waals surface area contributed by atoms with Crippen LogP contribution in [-0.2, 0) is 11.3 Å². The van der Waals surface area contributed by atoms with E-state index in [2.05, 4.69) is 10.3 Å². The monoisotopic (exact) mass is 293 g/mol. The summed E-state index contributed by atoms with van der Waals surface area (Å²) in [5, 5.41) is 7.69. The first kappa shape index (κ1) is 15.0. The van der Waals surface area contributed by atoms with Gasteiger partial charge in [-0.3, -0.25) is 0 Å². The molecule has 0 bridgehead atoms. The third-order valence-electron chi connectivity index (χ3n) is 2.84. The minimum Gasteiger partial charge on any atom is -0.492 e. The van der Waals surface area contributed by atoms with E-state index in [0.717, 1.165) is 0 Å². The number of hydrogen-bond acceptors (Lipinski definition) is 5. The lowest BCUT2D eigenvalue weighted by molar-refractivity contribution is 0.0518. The molecule has 0 atom stereocenters. The normalized spacial score (nSPS) is 10.4. The number of ether oxygens (including phenoxy) is 2. The number of hydrogen-bond donors (Lipinski definition) is 0. The average Bonchev–Trinajstić information content (AvgIpc) is 2.83. The van der Waals surface area contributed by atoms with Gasteiger partial charge >= 0.3 is 5.97 Å². The van der Waals surface area contributed by atoms with Gasteiger partial charge in [-0.1, -0.05) is 5.21 Å². The maximum Gasteiger partial charge on any atom is 0.360 e. The van der Waals surface area contributed by atoms with E-state index in [1.807, 2.05) is 0 Å². The van der Waals surface area contributed by atoms with Crippen LogP contribution in [0.15, 0.2) is 24.3 Å². The second-order valence-electron chi connectivity index (χ2n) is 4.27. The Balaban J connectivity index is 1.92. The van der Waals surface area contributed by atoms with Crippen LogP contribution in [0.5, 0.6) is 5.75 Å². The van der Waals surface area contributed by atoms with Crippen LogP contribution >= 0.6 is 0 Å². The molecule has 0 amide bonds. The zero-order valence-electron chi connectivity index (χ0n) is 11.9. The highest BCUT2D eigenvalue weighted by molar-refractivity contribution is 5.88.